The number of hydrogen-bond acceptors (Lipinski definition) is 26. The molecule has 0 fully saturated rings. The van der Waals surface area contributed by atoms with E-state index >= 15 is 0 Å². The van der Waals surface area contributed by atoms with Crippen LogP contribution < -0.4 is 77.4 Å². The topological polar surface area (TPSA) is 506 Å². The molecule has 0 aliphatic rings. The maximum Gasteiger partial charge on any atom is -0.870 e. The Balaban J connectivity index is -0.00000000952. The van der Waals surface area contributed by atoms with Crippen LogP contribution in [-0.4, -0.2) is 279 Å². The van der Waals surface area contributed by atoms with Gasteiger partial charge in [-0.15, -0.1) is 0 Å². The van der Waals surface area contributed by atoms with Crippen LogP contribution >= 0.6 is 0 Å². The summed E-state index contributed by atoms with van der Waals surface area (Å²) in [5.74, 6) is 0. The molecule has 28 nitrogen and oxygen atoms in total. The monoisotopic (exact) mass is 860 g/mol. The van der Waals surface area contributed by atoms with E-state index in [0.717, 1.165) is 0 Å². The molecule has 0 amide bonds. The molecule has 0 saturated carbocycles. The predicted molar refractivity (Wildman–Crippen MR) is 118 cm³/mol. The third-order valence-electron chi connectivity index (χ3n) is 0.204. The molecular weight excluding hydrogens is 842 g/mol. The second-order valence-electron chi connectivity index (χ2n) is 1.59. The Bertz CT molecular complexity index is 480. The van der Waals surface area contributed by atoms with Crippen molar-refractivity contribution < 1.29 is 198 Å². The molecule has 35 heteroatoms. The number of carbonyl (C=O) groups excluding carboxylic acids is 12. The predicted octanol–water partition coefficient (Wildman–Crippen LogP) is -15.4. The fourth-order valence-electron chi connectivity index (χ4n) is 0. The van der Waals surface area contributed by atoms with Gasteiger partial charge in [-0.25, -0.2) is 10.5 Å². The van der Waals surface area contributed by atoms with Crippen molar-refractivity contribution >= 4 is 253 Å². The van der Waals surface area contributed by atoms with E-state index in [2.05, 4.69) is 24.4 Å². The molecule has 0 rings (SSSR count). The summed E-state index contributed by atoms with van der Waals surface area (Å²) in [4.78, 5) is 122. The van der Waals surface area contributed by atoms with Gasteiger partial charge in [0.25, 0.3) is 25.9 Å². The maximum absolute atomic E-state index is 8.70. The number of rotatable bonds is 5. The van der Waals surface area contributed by atoms with Crippen molar-refractivity contribution in [3.05, 3.63) is 0 Å². The SMILES string of the molecule is O.O=C([O-])[O-].O=C=O.O=C=O.O=C=O.O=CO.O=COO.O=COO.O=CO[O-].O=CO[O-].O=CO[O-].[H+].[H+].[H-].[HH].[HH].[K+].[K][K].[K][K].[K][K].[OH-]. The smallest absolute Gasteiger partial charge is 0.870 e. The van der Waals surface area contributed by atoms with Gasteiger partial charge in [0, 0.05) is 2.85 Å². The van der Waals surface area contributed by atoms with Gasteiger partial charge in [0.15, 0.2) is 0 Å². The van der Waals surface area contributed by atoms with E-state index < -0.39 is 6.16 Å². The number of hydrogen-bond donors (Lipinski definition) is 3. The zero-order valence-corrected chi connectivity index (χ0v) is 46.0. The molecule has 0 aliphatic carbocycles. The van der Waals surface area contributed by atoms with Crippen LogP contribution in [0.2, 0.25) is 0 Å². The zero-order chi connectivity index (χ0) is 37.5. The van der Waals surface area contributed by atoms with Gasteiger partial charge in [0.05, 0.1) is 0 Å². The molecule has 0 bridgehead atoms. The summed E-state index contributed by atoms with van der Waals surface area (Å²) >= 11 is 7.50. The van der Waals surface area contributed by atoms with Crippen LogP contribution in [0.1, 0.15) is 7.13 Å². The Morgan fingerprint density at radius 3 is 0.667 bits per heavy atom. The van der Waals surface area contributed by atoms with E-state index in [1.165, 1.54) is 189 Å². The van der Waals surface area contributed by atoms with Crippen LogP contribution in [0.5, 0.6) is 0 Å². The molecule has 0 saturated heterocycles. The van der Waals surface area contributed by atoms with Gasteiger partial charge < -0.3 is 72.7 Å². The van der Waals surface area contributed by atoms with Crippen molar-refractivity contribution in [2.45, 2.75) is 0 Å². The first-order chi connectivity index (χ1) is 20.0. The summed E-state index contributed by atoms with van der Waals surface area (Å²) < 4.78 is 0. The van der Waals surface area contributed by atoms with Crippen molar-refractivity contribution in [2.75, 3.05) is 0 Å². The normalized spacial score (nSPS) is 4.20. The molecular formula is C10H19K7O28-4. The summed E-state index contributed by atoms with van der Waals surface area (Å²) in [6, 6.07) is 0. The zero-order valence-electron chi connectivity index (χ0n) is 27.1. The van der Waals surface area contributed by atoms with Crippen LogP contribution in [-0.2, 0) is 82.0 Å². The van der Waals surface area contributed by atoms with Crippen molar-refractivity contribution in [1.29, 1.82) is 0 Å². The average molecular weight is 861 g/mol. The Kier molecular flexibility index (Phi) is 533. The molecule has 0 unspecified atom stereocenters. The maximum atomic E-state index is 8.70. The first-order valence-electron chi connectivity index (χ1n) is 8.55. The minimum absolute atomic E-state index is 0. The van der Waals surface area contributed by atoms with Gasteiger partial charge >= 0.3 is 275 Å². The molecule has 0 aromatic carbocycles. The van der Waals surface area contributed by atoms with Crippen molar-refractivity contribution in [2.24, 2.45) is 0 Å². The summed E-state index contributed by atoms with van der Waals surface area (Å²) in [5, 5.41) is 62.9. The Hall–Kier alpha value is 5.40. The Labute approximate surface area is 435 Å². The van der Waals surface area contributed by atoms with Crippen LogP contribution in [0.3, 0.4) is 0 Å². The first-order valence-corrected chi connectivity index (χ1v) is 56.6. The van der Waals surface area contributed by atoms with Crippen LogP contribution in [0.4, 0.5) is 4.79 Å². The number of carbonyl (C=O) groups is 7. The summed E-state index contributed by atoms with van der Waals surface area (Å²) in [5.41, 5.74) is 0. The quantitative estimate of drug-likeness (QED) is 0.0999. The van der Waals surface area contributed by atoms with Crippen molar-refractivity contribution in [1.82, 2.24) is 0 Å². The molecule has 45 heavy (non-hydrogen) atoms. The van der Waals surface area contributed by atoms with Gasteiger partial charge in [-0.2, -0.15) is 28.8 Å². The van der Waals surface area contributed by atoms with E-state index in [1.807, 2.05) is 0 Å². The first kappa shape index (κ1) is 104. The van der Waals surface area contributed by atoms with Crippen molar-refractivity contribution in [3.63, 3.8) is 0 Å². The summed E-state index contributed by atoms with van der Waals surface area (Å²) in [6.07, 6.45) is -1.58. The van der Waals surface area contributed by atoms with Crippen LogP contribution in [0.15, 0.2) is 0 Å². The molecule has 238 valence electrons. The molecule has 0 aromatic heterocycles. The minimum Gasteiger partial charge on any atom is -0.870 e. The van der Waals surface area contributed by atoms with Gasteiger partial charge in [0.2, 0.25) is 0 Å². The van der Waals surface area contributed by atoms with Crippen LogP contribution in [0, 0.1) is 0 Å². The fraction of sp³-hybridized carbons (Fsp3) is 0. The molecule has 0 spiro atoms. The second-order valence-corrected chi connectivity index (χ2v) is 1.59. The fourth-order valence-corrected chi connectivity index (χ4v) is 0. The van der Waals surface area contributed by atoms with E-state index in [9.17, 15) is 0 Å². The van der Waals surface area contributed by atoms with Crippen LogP contribution in [0.25, 0.3) is 0 Å². The largest absolute Gasteiger partial charge is 0.870 e. The van der Waals surface area contributed by atoms with Crippen molar-refractivity contribution in [3.8, 4) is 0 Å². The third kappa shape index (κ3) is 1030. The molecule has 0 heterocycles. The second kappa shape index (κ2) is 231. The number of carboxylic acid groups (broad SMARTS) is 3. The molecule has 0 radical (unpaired) electrons. The average Bonchev–Trinajstić information content (AvgIpc) is 3.01. The van der Waals surface area contributed by atoms with Gasteiger partial charge in [-0.3, -0.25) is 28.8 Å². The Morgan fingerprint density at radius 2 is 0.667 bits per heavy atom. The Morgan fingerprint density at radius 1 is 0.622 bits per heavy atom. The molecule has 6 N–H and O–H groups in total. The van der Waals surface area contributed by atoms with E-state index in [1.54, 1.807) is 0 Å². The minimum atomic E-state index is -2.33. The molecule has 0 atom stereocenters. The third-order valence-corrected chi connectivity index (χ3v) is 0.204. The summed E-state index contributed by atoms with van der Waals surface area (Å²) in [6.45, 7) is -0.931. The van der Waals surface area contributed by atoms with Gasteiger partial charge in [-0.05, 0) is 6.16 Å². The molecule has 0 aromatic rings. The van der Waals surface area contributed by atoms with E-state index in [0.29, 0.717) is 0 Å². The molecule has 0 aliphatic heterocycles. The van der Waals surface area contributed by atoms with E-state index in [4.69, 9.17) is 104 Å². The van der Waals surface area contributed by atoms with E-state index in [-0.39, 0.29) is 127 Å². The van der Waals surface area contributed by atoms with Gasteiger partial charge in [-0.1, -0.05) is 0 Å². The summed E-state index contributed by atoms with van der Waals surface area (Å²) in [7, 11) is 0. The van der Waals surface area contributed by atoms with Gasteiger partial charge in [0.1, 0.15) is 0 Å². The standard InChI is InChI=1S/6CH2O3.CH2O2.3CO2.7K.2H2O.2H2.H/c5*2-1-4-3;2-1(3)4;4*2-1-3;;;;;;;;;;;;/h5*1,3H;(H2,2,3,4);1H,(H,2,3);;;;;;;;;;;2*1H2;2*1H;/q;;;;;;;;;;;;;;;;+1;;;;;-1/p-4.